The Hall–Kier alpha value is -2.04. The van der Waals surface area contributed by atoms with Crippen molar-refractivity contribution in [2.24, 2.45) is 0 Å². The average Bonchev–Trinajstić information content (AvgIpc) is 3.35. The van der Waals surface area contributed by atoms with Crippen LogP contribution < -0.4 is 5.73 Å². The van der Waals surface area contributed by atoms with E-state index in [4.69, 9.17) is 26.8 Å². The van der Waals surface area contributed by atoms with Crippen LogP contribution >= 0.6 is 11.6 Å². The molecule has 11 heteroatoms. The molecule has 0 spiro atoms. The highest BCUT2D eigenvalue weighted by molar-refractivity contribution is 6.34. The largest absolute Gasteiger partial charge is 0.419 e. The van der Waals surface area contributed by atoms with Gasteiger partial charge in [0.2, 0.25) is 5.79 Å². The number of ether oxygens (including phenoxy) is 2. The van der Waals surface area contributed by atoms with E-state index in [0.29, 0.717) is 0 Å². The van der Waals surface area contributed by atoms with Gasteiger partial charge in [-0.2, -0.15) is 13.2 Å². The van der Waals surface area contributed by atoms with Crippen LogP contribution in [0.1, 0.15) is 11.3 Å². The van der Waals surface area contributed by atoms with Crippen LogP contribution in [0.2, 0.25) is 5.02 Å². The number of aromatic nitrogens is 1. The van der Waals surface area contributed by atoms with Gasteiger partial charge in [0.25, 0.3) is 0 Å². The standard InChI is InChI=1S/C15H9ClF6N2O2/c1-25-14(4-26-14)13-9(16)11(23)10(19)12(24-13)5-2-8(18)6(3-7(5)17)15(20,21)22/h2-3H,4H2,1H3,(H2,23,24). The Balaban J connectivity index is 2.24. The number of hydrogen-bond donors (Lipinski definition) is 1. The number of hydrogen-bond acceptors (Lipinski definition) is 4. The van der Waals surface area contributed by atoms with Crippen LogP contribution in [0.4, 0.5) is 32.0 Å². The van der Waals surface area contributed by atoms with Gasteiger partial charge in [0, 0.05) is 12.7 Å². The van der Waals surface area contributed by atoms with E-state index < -0.39 is 51.9 Å². The van der Waals surface area contributed by atoms with E-state index in [9.17, 15) is 26.3 Å². The Morgan fingerprint density at radius 2 is 1.85 bits per heavy atom. The molecule has 1 saturated heterocycles. The van der Waals surface area contributed by atoms with Crippen molar-refractivity contribution in [2.75, 3.05) is 19.5 Å². The Morgan fingerprint density at radius 3 is 2.35 bits per heavy atom. The minimum Gasteiger partial charge on any atom is -0.395 e. The predicted octanol–water partition coefficient (Wildman–Crippen LogP) is 4.25. The SMILES string of the molecule is COC1(c2nc(-c3cc(F)c(C(F)(F)F)cc3F)c(F)c(N)c2Cl)CO1. The first-order valence-corrected chi connectivity index (χ1v) is 7.30. The molecule has 0 bridgehead atoms. The molecule has 1 aliphatic heterocycles. The van der Waals surface area contributed by atoms with E-state index in [-0.39, 0.29) is 29.5 Å². The van der Waals surface area contributed by atoms with Crippen LogP contribution in [-0.4, -0.2) is 18.7 Å². The smallest absolute Gasteiger partial charge is 0.395 e. The minimum atomic E-state index is -5.12. The molecule has 1 aliphatic rings. The predicted molar refractivity (Wildman–Crippen MR) is 78.6 cm³/mol. The molecule has 4 nitrogen and oxygen atoms in total. The van der Waals surface area contributed by atoms with E-state index in [1.807, 2.05) is 0 Å². The van der Waals surface area contributed by atoms with Crippen molar-refractivity contribution in [3.63, 3.8) is 0 Å². The quantitative estimate of drug-likeness (QED) is 0.620. The third-order valence-electron chi connectivity index (χ3n) is 3.83. The molecule has 2 aromatic rings. The Bertz CT molecular complexity index is 899. The second-order valence-corrected chi connectivity index (χ2v) is 5.78. The zero-order valence-corrected chi connectivity index (χ0v) is 13.6. The van der Waals surface area contributed by atoms with Crippen molar-refractivity contribution in [2.45, 2.75) is 12.0 Å². The molecule has 26 heavy (non-hydrogen) atoms. The topological polar surface area (TPSA) is 60.7 Å². The van der Waals surface area contributed by atoms with E-state index in [1.165, 1.54) is 7.11 Å². The molecule has 0 radical (unpaired) electrons. The van der Waals surface area contributed by atoms with Crippen LogP contribution in [0.15, 0.2) is 12.1 Å². The summed E-state index contributed by atoms with van der Waals surface area (Å²) >= 11 is 5.91. The molecule has 0 amide bonds. The summed E-state index contributed by atoms with van der Waals surface area (Å²) in [6.07, 6.45) is -5.12. The lowest BCUT2D eigenvalue weighted by molar-refractivity contribution is -0.140. The number of nitrogen functional groups attached to an aromatic ring is 1. The summed E-state index contributed by atoms with van der Waals surface area (Å²) in [5.41, 5.74) is 1.17. The lowest BCUT2D eigenvalue weighted by atomic mass is 10.0. The van der Waals surface area contributed by atoms with Crippen molar-refractivity contribution in [1.29, 1.82) is 0 Å². The van der Waals surface area contributed by atoms with Crippen molar-refractivity contribution in [3.8, 4) is 11.3 Å². The van der Waals surface area contributed by atoms with Gasteiger partial charge >= 0.3 is 6.18 Å². The number of benzene rings is 1. The number of anilines is 1. The molecule has 0 saturated carbocycles. The number of alkyl halides is 3. The molecule has 2 N–H and O–H groups in total. The zero-order valence-electron chi connectivity index (χ0n) is 12.8. The Kier molecular flexibility index (Phi) is 4.32. The van der Waals surface area contributed by atoms with Gasteiger partial charge in [-0.1, -0.05) is 11.6 Å². The molecule has 0 aliphatic carbocycles. The van der Waals surface area contributed by atoms with Crippen molar-refractivity contribution < 1.29 is 35.8 Å². The van der Waals surface area contributed by atoms with Gasteiger partial charge in [0.05, 0.1) is 16.3 Å². The maximum atomic E-state index is 14.4. The third-order valence-corrected chi connectivity index (χ3v) is 4.21. The molecule has 2 heterocycles. The molecule has 1 atom stereocenters. The van der Waals surface area contributed by atoms with Crippen molar-refractivity contribution >= 4 is 17.3 Å². The third kappa shape index (κ3) is 2.87. The van der Waals surface area contributed by atoms with Gasteiger partial charge in [-0.05, 0) is 12.1 Å². The molecule has 140 valence electrons. The summed E-state index contributed by atoms with van der Waals surface area (Å²) in [6.45, 7) is -0.00934. The number of halogens is 7. The van der Waals surface area contributed by atoms with Gasteiger partial charge in [-0.15, -0.1) is 0 Å². The van der Waals surface area contributed by atoms with Crippen molar-refractivity contribution in [3.05, 3.63) is 45.9 Å². The van der Waals surface area contributed by atoms with Crippen LogP contribution in [0.3, 0.4) is 0 Å². The van der Waals surface area contributed by atoms with E-state index in [0.717, 1.165) is 0 Å². The van der Waals surface area contributed by atoms with Gasteiger partial charge in [-0.25, -0.2) is 18.2 Å². The highest BCUT2D eigenvalue weighted by Crippen LogP contribution is 2.46. The van der Waals surface area contributed by atoms with Crippen LogP contribution in [0.5, 0.6) is 0 Å². The first kappa shape index (κ1) is 18.7. The summed E-state index contributed by atoms with van der Waals surface area (Å²) in [7, 11) is 1.24. The summed E-state index contributed by atoms with van der Waals surface area (Å²) in [4.78, 5) is 3.78. The van der Waals surface area contributed by atoms with E-state index in [1.54, 1.807) is 0 Å². The molecule has 3 rings (SSSR count). The number of pyridine rings is 1. The van der Waals surface area contributed by atoms with E-state index in [2.05, 4.69) is 4.98 Å². The number of nitrogens with two attached hydrogens (primary N) is 1. The molecule has 1 aromatic heterocycles. The Morgan fingerprint density at radius 1 is 1.23 bits per heavy atom. The van der Waals surface area contributed by atoms with Crippen LogP contribution in [0.25, 0.3) is 11.3 Å². The summed E-state index contributed by atoms with van der Waals surface area (Å²) in [5, 5.41) is -0.363. The fourth-order valence-electron chi connectivity index (χ4n) is 2.35. The number of nitrogens with zero attached hydrogens (tertiary/aromatic N) is 1. The van der Waals surface area contributed by atoms with Gasteiger partial charge in [0.1, 0.15) is 29.6 Å². The van der Waals surface area contributed by atoms with E-state index >= 15 is 0 Å². The molecular formula is C15H9ClF6N2O2. The highest BCUT2D eigenvalue weighted by atomic mass is 35.5. The van der Waals surface area contributed by atoms with Crippen molar-refractivity contribution in [1.82, 2.24) is 4.98 Å². The molecular weight excluding hydrogens is 390 g/mol. The Labute approximate surface area is 147 Å². The first-order valence-electron chi connectivity index (χ1n) is 6.92. The summed E-state index contributed by atoms with van der Waals surface area (Å²) < 4.78 is 90.5. The number of rotatable bonds is 3. The van der Waals surface area contributed by atoms with Gasteiger partial charge < -0.3 is 15.2 Å². The lowest BCUT2D eigenvalue weighted by Gasteiger charge is -2.16. The van der Waals surface area contributed by atoms with Crippen LogP contribution in [0, 0.1) is 17.5 Å². The zero-order chi connectivity index (χ0) is 19.4. The fraction of sp³-hybridized carbons (Fsp3) is 0.267. The fourth-order valence-corrected chi connectivity index (χ4v) is 2.62. The normalized spacial score (nSPS) is 19.7. The minimum absolute atomic E-state index is 0.00934. The summed E-state index contributed by atoms with van der Waals surface area (Å²) in [5.74, 6) is -6.09. The van der Waals surface area contributed by atoms with Crippen LogP contribution in [-0.2, 0) is 21.4 Å². The molecule has 1 unspecified atom stereocenters. The number of methoxy groups -OCH3 is 1. The average molecular weight is 399 g/mol. The highest BCUT2D eigenvalue weighted by Gasteiger charge is 2.51. The van der Waals surface area contributed by atoms with Gasteiger partial charge in [0.15, 0.2) is 5.82 Å². The number of epoxide rings is 1. The first-order chi connectivity index (χ1) is 12.0. The second-order valence-electron chi connectivity index (χ2n) is 5.41. The molecule has 1 aromatic carbocycles. The van der Waals surface area contributed by atoms with Gasteiger partial charge in [-0.3, -0.25) is 0 Å². The molecule has 1 fully saturated rings. The summed E-state index contributed by atoms with van der Waals surface area (Å²) in [6, 6.07) is 0.101. The maximum Gasteiger partial charge on any atom is 0.419 e. The monoisotopic (exact) mass is 398 g/mol. The second kappa shape index (κ2) is 6.00. The lowest BCUT2D eigenvalue weighted by Crippen LogP contribution is -2.17. The maximum absolute atomic E-state index is 14.4.